The normalized spacial score (nSPS) is 13.4. The number of aliphatic hydroxyl groups is 1. The van der Waals surface area contributed by atoms with Gasteiger partial charge in [-0.3, -0.25) is 9.59 Å². The number of amides is 2. The maximum Gasteiger partial charge on any atom is 0.251 e. The zero-order valence-electron chi connectivity index (χ0n) is 11.2. The molecule has 0 aliphatic carbocycles. The van der Waals surface area contributed by atoms with Crippen LogP contribution in [0.25, 0.3) is 0 Å². The van der Waals surface area contributed by atoms with Crippen LogP contribution in [0.5, 0.6) is 0 Å². The average Bonchev–Trinajstić information content (AvgIpc) is 2.45. The highest BCUT2D eigenvalue weighted by atomic mass is 16.3. The van der Waals surface area contributed by atoms with E-state index in [1.54, 1.807) is 31.2 Å². The summed E-state index contributed by atoms with van der Waals surface area (Å²) in [5.74, 6) is -0.592. The number of carbonyl (C=O) groups excluding carboxylic acids is 2. The van der Waals surface area contributed by atoms with E-state index < -0.39 is 6.04 Å². The van der Waals surface area contributed by atoms with Gasteiger partial charge in [0, 0.05) is 5.56 Å². The second-order valence-corrected chi connectivity index (χ2v) is 4.36. The van der Waals surface area contributed by atoms with Crippen molar-refractivity contribution in [3.05, 3.63) is 35.9 Å². The van der Waals surface area contributed by atoms with Crippen LogP contribution < -0.4 is 10.6 Å². The molecule has 0 heterocycles. The van der Waals surface area contributed by atoms with E-state index in [1.807, 2.05) is 13.0 Å². The number of benzene rings is 1. The molecule has 5 heteroatoms. The van der Waals surface area contributed by atoms with Crippen LogP contribution in [-0.4, -0.2) is 35.6 Å². The number of hydrogen-bond donors (Lipinski definition) is 3. The summed E-state index contributed by atoms with van der Waals surface area (Å²) in [5, 5.41) is 14.3. The van der Waals surface area contributed by atoms with E-state index >= 15 is 0 Å². The molecule has 0 aliphatic rings. The van der Waals surface area contributed by atoms with Crippen molar-refractivity contribution in [3.63, 3.8) is 0 Å². The molecule has 1 aromatic carbocycles. The zero-order chi connectivity index (χ0) is 14.3. The summed E-state index contributed by atoms with van der Waals surface area (Å²) in [4.78, 5) is 23.6. The van der Waals surface area contributed by atoms with E-state index in [-0.39, 0.29) is 24.5 Å². The summed E-state index contributed by atoms with van der Waals surface area (Å²) in [6.07, 6.45) is 0.640. The maximum absolute atomic E-state index is 11.8. The third-order valence-electron chi connectivity index (χ3n) is 2.84. The lowest BCUT2D eigenvalue weighted by molar-refractivity contribution is -0.123. The van der Waals surface area contributed by atoms with E-state index in [0.717, 1.165) is 0 Å². The van der Waals surface area contributed by atoms with Gasteiger partial charge in [0.1, 0.15) is 6.04 Å². The third kappa shape index (κ3) is 4.71. The fourth-order valence-electron chi connectivity index (χ4n) is 1.54. The Balaban J connectivity index is 2.52. The van der Waals surface area contributed by atoms with Crippen LogP contribution in [0.15, 0.2) is 30.3 Å². The molecule has 0 saturated carbocycles. The lowest BCUT2D eigenvalue weighted by Gasteiger charge is -2.18. The highest BCUT2D eigenvalue weighted by molar-refractivity contribution is 5.97. The molecule has 1 aromatic rings. The van der Waals surface area contributed by atoms with Crippen molar-refractivity contribution >= 4 is 11.8 Å². The van der Waals surface area contributed by atoms with Crippen molar-refractivity contribution < 1.29 is 14.7 Å². The van der Waals surface area contributed by atoms with Crippen LogP contribution in [0, 0.1) is 0 Å². The monoisotopic (exact) mass is 264 g/mol. The standard InChI is InChI=1S/C14H20N2O3/c1-3-12(9-17)16-13(18)10(2)15-14(19)11-7-5-4-6-8-11/h4-8,10,12,17H,3,9H2,1-2H3,(H,15,19)(H,16,18)/t10?,12-/m0/s1. The summed E-state index contributed by atoms with van der Waals surface area (Å²) >= 11 is 0. The highest BCUT2D eigenvalue weighted by Crippen LogP contribution is 1.99. The first-order chi connectivity index (χ1) is 9.08. The van der Waals surface area contributed by atoms with Crippen LogP contribution in [-0.2, 0) is 4.79 Å². The van der Waals surface area contributed by atoms with E-state index in [0.29, 0.717) is 12.0 Å². The minimum Gasteiger partial charge on any atom is -0.394 e. The summed E-state index contributed by atoms with van der Waals surface area (Å²) in [7, 11) is 0. The SMILES string of the molecule is CC[C@@H](CO)NC(=O)C(C)NC(=O)c1ccccc1. The number of carbonyl (C=O) groups is 2. The fourth-order valence-corrected chi connectivity index (χ4v) is 1.54. The van der Waals surface area contributed by atoms with E-state index in [2.05, 4.69) is 10.6 Å². The molecule has 5 nitrogen and oxygen atoms in total. The molecule has 0 saturated heterocycles. The second kappa shape index (κ2) is 7.53. The predicted octanol–water partition coefficient (Wildman–Crippen LogP) is 0.692. The van der Waals surface area contributed by atoms with Crippen LogP contribution in [0.2, 0.25) is 0 Å². The molecule has 0 bridgehead atoms. The van der Waals surface area contributed by atoms with Crippen molar-refractivity contribution in [1.29, 1.82) is 0 Å². The molecule has 1 unspecified atom stereocenters. The minimum atomic E-state index is -0.645. The summed E-state index contributed by atoms with van der Waals surface area (Å²) in [6, 6.07) is 7.79. The molecule has 104 valence electrons. The number of hydrogen-bond acceptors (Lipinski definition) is 3. The van der Waals surface area contributed by atoms with Crippen molar-refractivity contribution in [2.24, 2.45) is 0 Å². The first kappa shape index (κ1) is 15.2. The minimum absolute atomic E-state index is 0.110. The van der Waals surface area contributed by atoms with Gasteiger partial charge in [0.2, 0.25) is 5.91 Å². The molecule has 19 heavy (non-hydrogen) atoms. The van der Waals surface area contributed by atoms with Crippen LogP contribution in [0.1, 0.15) is 30.6 Å². The van der Waals surface area contributed by atoms with Gasteiger partial charge in [-0.15, -0.1) is 0 Å². The number of aliphatic hydroxyl groups excluding tert-OH is 1. The predicted molar refractivity (Wildman–Crippen MR) is 72.7 cm³/mol. The molecule has 0 aliphatic heterocycles. The van der Waals surface area contributed by atoms with Gasteiger partial charge in [0.15, 0.2) is 0 Å². The smallest absolute Gasteiger partial charge is 0.251 e. The molecular formula is C14H20N2O3. The molecule has 0 radical (unpaired) electrons. The molecule has 2 atom stereocenters. The Labute approximate surface area is 113 Å². The average molecular weight is 264 g/mol. The summed E-state index contributed by atoms with van der Waals surface area (Å²) < 4.78 is 0. The molecule has 1 rings (SSSR count). The van der Waals surface area contributed by atoms with Gasteiger partial charge in [-0.2, -0.15) is 0 Å². The largest absolute Gasteiger partial charge is 0.394 e. The van der Waals surface area contributed by atoms with E-state index in [4.69, 9.17) is 5.11 Å². The molecule has 0 spiro atoms. The lowest BCUT2D eigenvalue weighted by Crippen LogP contribution is -2.48. The Morgan fingerprint density at radius 3 is 2.37 bits per heavy atom. The quantitative estimate of drug-likeness (QED) is 0.707. The zero-order valence-corrected chi connectivity index (χ0v) is 11.2. The second-order valence-electron chi connectivity index (χ2n) is 4.36. The first-order valence-corrected chi connectivity index (χ1v) is 6.35. The topological polar surface area (TPSA) is 78.4 Å². The molecule has 0 fully saturated rings. The van der Waals surface area contributed by atoms with Gasteiger partial charge in [-0.25, -0.2) is 0 Å². The van der Waals surface area contributed by atoms with Gasteiger partial charge < -0.3 is 15.7 Å². The molecule has 3 N–H and O–H groups in total. The number of rotatable bonds is 6. The Hall–Kier alpha value is -1.88. The van der Waals surface area contributed by atoms with Gasteiger partial charge >= 0.3 is 0 Å². The Kier molecular flexibility index (Phi) is 6.02. The van der Waals surface area contributed by atoms with Gasteiger partial charge in [0.05, 0.1) is 12.6 Å². The highest BCUT2D eigenvalue weighted by Gasteiger charge is 2.18. The summed E-state index contributed by atoms with van der Waals surface area (Å²) in [6.45, 7) is 3.37. The third-order valence-corrected chi connectivity index (χ3v) is 2.84. The summed E-state index contributed by atoms with van der Waals surface area (Å²) in [5.41, 5.74) is 0.511. The van der Waals surface area contributed by atoms with Crippen LogP contribution in [0.4, 0.5) is 0 Å². The van der Waals surface area contributed by atoms with Crippen LogP contribution in [0.3, 0.4) is 0 Å². The Morgan fingerprint density at radius 2 is 1.84 bits per heavy atom. The lowest BCUT2D eigenvalue weighted by atomic mass is 10.2. The Morgan fingerprint density at radius 1 is 1.21 bits per heavy atom. The van der Waals surface area contributed by atoms with Gasteiger partial charge in [-0.1, -0.05) is 25.1 Å². The maximum atomic E-state index is 11.8. The van der Waals surface area contributed by atoms with Crippen molar-refractivity contribution in [1.82, 2.24) is 10.6 Å². The van der Waals surface area contributed by atoms with Crippen molar-refractivity contribution in [3.8, 4) is 0 Å². The Bertz CT molecular complexity index is 416. The fraction of sp³-hybridized carbons (Fsp3) is 0.429. The molecule has 0 aromatic heterocycles. The number of nitrogens with one attached hydrogen (secondary N) is 2. The van der Waals surface area contributed by atoms with E-state index in [9.17, 15) is 9.59 Å². The van der Waals surface area contributed by atoms with E-state index in [1.165, 1.54) is 0 Å². The molecule has 2 amide bonds. The van der Waals surface area contributed by atoms with Crippen molar-refractivity contribution in [2.45, 2.75) is 32.4 Å². The van der Waals surface area contributed by atoms with Gasteiger partial charge in [-0.05, 0) is 25.5 Å². The van der Waals surface area contributed by atoms with Gasteiger partial charge in [0.25, 0.3) is 5.91 Å². The first-order valence-electron chi connectivity index (χ1n) is 6.35. The van der Waals surface area contributed by atoms with Crippen LogP contribution >= 0.6 is 0 Å². The molecular weight excluding hydrogens is 244 g/mol. The van der Waals surface area contributed by atoms with Crippen molar-refractivity contribution in [2.75, 3.05) is 6.61 Å².